The average molecular weight is 339 g/mol. The van der Waals surface area contributed by atoms with Gasteiger partial charge in [-0.25, -0.2) is 4.79 Å². The molecule has 2 rings (SSSR count). The number of anilines is 1. The number of hydrogen-bond acceptors (Lipinski definition) is 4. The van der Waals surface area contributed by atoms with Gasteiger partial charge < -0.3 is 15.0 Å². The Labute approximate surface area is 142 Å². The first-order valence-corrected chi connectivity index (χ1v) is 9.28. The molecular weight excluding hydrogens is 312 g/mol. The summed E-state index contributed by atoms with van der Waals surface area (Å²) in [7, 11) is 0. The van der Waals surface area contributed by atoms with E-state index in [1.807, 2.05) is 13.0 Å². The van der Waals surface area contributed by atoms with Gasteiger partial charge in [0.25, 0.3) is 5.91 Å². The molecule has 1 aromatic rings. The van der Waals surface area contributed by atoms with Crippen LogP contribution in [0, 0.1) is 5.92 Å². The van der Waals surface area contributed by atoms with Crippen LogP contribution in [0.2, 0.25) is 0 Å². The lowest BCUT2D eigenvalue weighted by Gasteiger charge is -2.26. The van der Waals surface area contributed by atoms with Crippen LogP contribution in [0.15, 0.2) is 6.07 Å². The van der Waals surface area contributed by atoms with Crippen LogP contribution in [-0.4, -0.2) is 38.1 Å². The van der Waals surface area contributed by atoms with Crippen molar-refractivity contribution in [1.29, 1.82) is 0 Å². The molecule has 1 aromatic heterocycles. The molecule has 128 valence electrons. The Balaban J connectivity index is 1.99. The number of likely N-dealkylation sites (tertiary alicyclic amines) is 1. The smallest absolute Gasteiger partial charge is 0.341 e. The summed E-state index contributed by atoms with van der Waals surface area (Å²) in [6, 6.07) is 1.83. The van der Waals surface area contributed by atoms with E-state index in [1.54, 1.807) is 6.92 Å². The Kier molecular flexibility index (Phi) is 6.59. The number of piperidine rings is 1. The lowest BCUT2D eigenvalue weighted by Crippen LogP contribution is -3.14. The summed E-state index contributed by atoms with van der Waals surface area (Å²) >= 11 is 1.46. The zero-order valence-electron chi connectivity index (χ0n) is 14.2. The van der Waals surface area contributed by atoms with Crippen LogP contribution in [0.1, 0.15) is 48.8 Å². The van der Waals surface area contributed by atoms with E-state index >= 15 is 0 Å². The van der Waals surface area contributed by atoms with Crippen molar-refractivity contribution in [2.24, 2.45) is 5.92 Å². The Morgan fingerprint density at radius 1 is 1.35 bits per heavy atom. The highest BCUT2D eigenvalue weighted by atomic mass is 32.1. The van der Waals surface area contributed by atoms with E-state index in [4.69, 9.17) is 4.74 Å². The summed E-state index contributed by atoms with van der Waals surface area (Å²) in [5, 5.41) is 3.54. The highest BCUT2D eigenvalue weighted by Gasteiger charge is 2.23. The quantitative estimate of drug-likeness (QED) is 0.776. The van der Waals surface area contributed by atoms with Gasteiger partial charge >= 0.3 is 5.97 Å². The maximum Gasteiger partial charge on any atom is 0.341 e. The van der Waals surface area contributed by atoms with Crippen LogP contribution in [0.5, 0.6) is 0 Å². The number of hydrogen-bond donors (Lipinski definition) is 2. The number of carbonyl (C=O) groups excluding carboxylic acids is 2. The minimum absolute atomic E-state index is 0.0235. The van der Waals surface area contributed by atoms with Gasteiger partial charge in [-0.3, -0.25) is 4.79 Å². The van der Waals surface area contributed by atoms with E-state index in [2.05, 4.69) is 12.2 Å². The van der Waals surface area contributed by atoms with Gasteiger partial charge in [-0.05, 0) is 38.2 Å². The fourth-order valence-electron chi connectivity index (χ4n) is 2.81. The molecule has 0 unspecified atom stereocenters. The summed E-state index contributed by atoms with van der Waals surface area (Å²) in [5.41, 5.74) is 0.476. The number of esters is 1. The van der Waals surface area contributed by atoms with Crippen LogP contribution < -0.4 is 10.2 Å². The lowest BCUT2D eigenvalue weighted by molar-refractivity contribution is -0.897. The summed E-state index contributed by atoms with van der Waals surface area (Å²) < 4.78 is 5.08. The molecule has 6 heteroatoms. The standard InChI is InChI=1S/C17H26N2O3S/c1-4-13-10-14(17(21)22-5-2)16(23-13)18-15(20)11-19-8-6-12(3)7-9-19/h10,12H,4-9,11H2,1-3H3,(H,18,20)/p+1. The molecule has 0 aliphatic carbocycles. The highest BCUT2D eigenvalue weighted by molar-refractivity contribution is 7.16. The molecule has 2 heterocycles. The summed E-state index contributed by atoms with van der Waals surface area (Å²) in [6.07, 6.45) is 3.19. The molecule has 0 saturated carbocycles. The number of amides is 1. The molecule has 1 fully saturated rings. The molecular formula is C17H27N2O3S+. The summed E-state index contributed by atoms with van der Waals surface area (Å²) in [4.78, 5) is 26.7. The summed E-state index contributed by atoms with van der Waals surface area (Å²) in [5.74, 6) is 0.379. The zero-order valence-corrected chi connectivity index (χ0v) is 15.1. The fourth-order valence-corrected chi connectivity index (χ4v) is 3.82. The van der Waals surface area contributed by atoms with Gasteiger partial charge in [-0.2, -0.15) is 0 Å². The van der Waals surface area contributed by atoms with Crippen molar-refractivity contribution in [2.45, 2.75) is 40.0 Å². The Bertz CT molecular complexity index is 548. The molecule has 23 heavy (non-hydrogen) atoms. The number of nitrogens with one attached hydrogen (secondary N) is 2. The fraction of sp³-hybridized carbons (Fsp3) is 0.647. The van der Waals surface area contributed by atoms with E-state index in [9.17, 15) is 9.59 Å². The van der Waals surface area contributed by atoms with Crippen molar-refractivity contribution < 1.29 is 19.2 Å². The van der Waals surface area contributed by atoms with Crippen LogP contribution in [0.25, 0.3) is 0 Å². The molecule has 0 spiro atoms. The summed E-state index contributed by atoms with van der Waals surface area (Å²) in [6.45, 7) is 8.97. The SMILES string of the molecule is CCOC(=O)c1cc(CC)sc1NC(=O)C[NH+]1CCC(C)CC1. The number of quaternary nitrogens is 1. The van der Waals surface area contributed by atoms with Crippen molar-refractivity contribution in [2.75, 3.05) is 31.6 Å². The molecule has 1 aliphatic rings. The van der Waals surface area contributed by atoms with Crippen LogP contribution in [0.4, 0.5) is 5.00 Å². The van der Waals surface area contributed by atoms with Crippen LogP contribution >= 0.6 is 11.3 Å². The van der Waals surface area contributed by atoms with Crippen molar-refractivity contribution in [3.8, 4) is 0 Å². The Hall–Kier alpha value is -1.40. The molecule has 1 saturated heterocycles. The van der Waals surface area contributed by atoms with Crippen molar-refractivity contribution in [1.82, 2.24) is 0 Å². The topological polar surface area (TPSA) is 59.8 Å². The first-order chi connectivity index (χ1) is 11.0. The Morgan fingerprint density at radius 2 is 2.04 bits per heavy atom. The van der Waals surface area contributed by atoms with E-state index < -0.39 is 0 Å². The van der Waals surface area contributed by atoms with Gasteiger partial charge in [-0.15, -0.1) is 11.3 Å². The maximum absolute atomic E-state index is 12.3. The average Bonchev–Trinajstić information content (AvgIpc) is 2.93. The lowest BCUT2D eigenvalue weighted by atomic mass is 9.99. The Morgan fingerprint density at radius 3 is 2.65 bits per heavy atom. The molecule has 1 aliphatic heterocycles. The van der Waals surface area contributed by atoms with Crippen molar-refractivity contribution in [3.63, 3.8) is 0 Å². The minimum atomic E-state index is -0.363. The van der Waals surface area contributed by atoms with Crippen molar-refractivity contribution in [3.05, 3.63) is 16.5 Å². The predicted octanol–water partition coefficient (Wildman–Crippen LogP) is 1.74. The number of aryl methyl sites for hydroxylation is 1. The van der Waals surface area contributed by atoms with Gasteiger partial charge in [-0.1, -0.05) is 13.8 Å². The number of carbonyl (C=O) groups is 2. The molecule has 2 N–H and O–H groups in total. The third kappa shape index (κ3) is 5.04. The zero-order chi connectivity index (χ0) is 16.8. The van der Waals surface area contributed by atoms with E-state index in [-0.39, 0.29) is 11.9 Å². The van der Waals surface area contributed by atoms with Gasteiger partial charge in [0.05, 0.1) is 25.3 Å². The predicted molar refractivity (Wildman–Crippen MR) is 92.2 cm³/mol. The van der Waals surface area contributed by atoms with Gasteiger partial charge in [0.15, 0.2) is 6.54 Å². The number of rotatable bonds is 6. The second kappa shape index (κ2) is 8.45. The third-order valence-electron chi connectivity index (χ3n) is 4.27. The van der Waals surface area contributed by atoms with Gasteiger partial charge in [0.2, 0.25) is 0 Å². The molecule has 0 bridgehead atoms. The minimum Gasteiger partial charge on any atom is -0.462 e. The first-order valence-electron chi connectivity index (χ1n) is 8.46. The monoisotopic (exact) mass is 339 g/mol. The van der Waals surface area contributed by atoms with Crippen LogP contribution in [0.3, 0.4) is 0 Å². The molecule has 0 atom stereocenters. The normalized spacial score (nSPS) is 21.0. The molecule has 5 nitrogen and oxygen atoms in total. The largest absolute Gasteiger partial charge is 0.462 e. The van der Waals surface area contributed by atoms with E-state index in [0.29, 0.717) is 23.7 Å². The van der Waals surface area contributed by atoms with Gasteiger partial charge in [0.1, 0.15) is 5.00 Å². The number of thiophene rings is 1. The van der Waals surface area contributed by atoms with E-state index in [1.165, 1.54) is 29.1 Å². The second-order valence-electron chi connectivity index (χ2n) is 6.19. The van der Waals surface area contributed by atoms with Crippen molar-refractivity contribution >= 4 is 28.2 Å². The first kappa shape index (κ1) is 17.9. The molecule has 0 radical (unpaired) electrons. The van der Waals surface area contributed by atoms with Gasteiger partial charge in [0, 0.05) is 4.88 Å². The van der Waals surface area contributed by atoms with E-state index in [0.717, 1.165) is 30.3 Å². The second-order valence-corrected chi connectivity index (χ2v) is 7.32. The maximum atomic E-state index is 12.3. The van der Waals surface area contributed by atoms with Crippen LogP contribution in [-0.2, 0) is 16.0 Å². The highest BCUT2D eigenvalue weighted by Crippen LogP contribution is 2.29. The molecule has 0 aromatic carbocycles. The number of ether oxygens (including phenoxy) is 1. The molecule has 1 amide bonds. The third-order valence-corrected chi connectivity index (χ3v) is 5.47.